The molecule has 0 amide bonds. The minimum atomic E-state index is 0. The number of rotatable bonds is 0. The second-order valence-electron chi connectivity index (χ2n) is 6.74. The van der Waals surface area contributed by atoms with Crippen molar-refractivity contribution in [1.82, 2.24) is 0 Å². The molecule has 0 nitrogen and oxygen atoms in total. The molecule has 0 heterocycles. The third-order valence-corrected chi connectivity index (χ3v) is 2.67. The fraction of sp³-hybridized carbons (Fsp3) is 0.442. The zero-order valence-electron chi connectivity index (χ0n) is 26.0. The fourth-order valence-electron chi connectivity index (χ4n) is 1.54. The monoisotopic (exact) mass is 601 g/mol. The molecule has 0 N–H and O–H groups in total. The van der Waals surface area contributed by atoms with Crippen LogP contribution in [0.1, 0.15) is 133 Å². The van der Waals surface area contributed by atoms with Crippen LogP contribution in [0.2, 0.25) is 0 Å². The fourth-order valence-corrected chi connectivity index (χ4v) is 1.54. The summed E-state index contributed by atoms with van der Waals surface area (Å²) in [5.74, 6) is 0. The molecule has 0 atom stereocenters. The molecule has 0 aliphatic heterocycles. The molecule has 4 aromatic rings. The Bertz CT molecular complexity index is 454. The number of benzene rings is 4. The summed E-state index contributed by atoms with van der Waals surface area (Å²) in [7, 11) is 0. The molecule has 0 aromatic heterocycles. The third-order valence-electron chi connectivity index (χ3n) is 2.67. The Morgan fingerprint density at radius 3 is 0.233 bits per heavy atom. The van der Waals surface area contributed by atoms with Crippen molar-refractivity contribution in [2.75, 3.05) is 0 Å². The molecule has 0 saturated heterocycles. The summed E-state index contributed by atoms with van der Waals surface area (Å²) in [5, 5.41) is 0. The highest BCUT2D eigenvalue weighted by atomic mass is 13.7. The van der Waals surface area contributed by atoms with Crippen LogP contribution in [0, 0.1) is 0 Å². The zero-order valence-corrected chi connectivity index (χ0v) is 26.0. The summed E-state index contributed by atoms with van der Waals surface area (Å²) < 4.78 is 0. The van der Waals surface area contributed by atoms with E-state index in [1.165, 1.54) is 19.3 Å². The van der Waals surface area contributed by atoms with Crippen molar-refractivity contribution in [2.45, 2.75) is 133 Å². The van der Waals surface area contributed by atoms with Crippen LogP contribution < -0.4 is 0 Å². The lowest BCUT2D eigenvalue weighted by atomic mass is 10.4. The van der Waals surface area contributed by atoms with Gasteiger partial charge in [-0.2, -0.15) is 0 Å². The first-order valence-electron chi connectivity index (χ1n) is 14.2. The molecule has 43 heavy (non-hydrogen) atoms. The molecular weight excluding hydrogens is 516 g/mol. The molecule has 0 heteroatoms. The van der Waals surface area contributed by atoms with Gasteiger partial charge < -0.3 is 0 Å². The standard InChI is InChI=1S/4C6H6.3C3H8.2C2H6.6CH4/c4*1-2-4-6-5-3-1;3*1-3-2;2*1-2;;;;;;/h4*1-6H;3*3H2,1-2H3;2*1-2H3;6*1H4. The molecule has 256 valence electrons. The van der Waals surface area contributed by atoms with Crippen LogP contribution >= 0.6 is 0 Å². The molecule has 0 spiro atoms. The van der Waals surface area contributed by atoms with Gasteiger partial charge in [-0.15, -0.1) is 0 Å². The van der Waals surface area contributed by atoms with E-state index in [1.54, 1.807) is 0 Å². The molecule has 0 aliphatic rings. The molecular formula is C43H84. The van der Waals surface area contributed by atoms with Crippen molar-refractivity contribution in [1.29, 1.82) is 0 Å². The van der Waals surface area contributed by atoms with Gasteiger partial charge in [0.25, 0.3) is 0 Å². The van der Waals surface area contributed by atoms with Gasteiger partial charge in [0.2, 0.25) is 0 Å². The van der Waals surface area contributed by atoms with Crippen LogP contribution in [0.5, 0.6) is 0 Å². The van der Waals surface area contributed by atoms with E-state index in [2.05, 4.69) is 41.5 Å². The summed E-state index contributed by atoms with van der Waals surface area (Å²) in [4.78, 5) is 0. The highest BCUT2D eigenvalue weighted by Gasteiger charge is 1.59. The quantitative estimate of drug-likeness (QED) is 0.188. The minimum absolute atomic E-state index is 0. The van der Waals surface area contributed by atoms with Crippen LogP contribution in [0.25, 0.3) is 0 Å². The van der Waals surface area contributed by atoms with Crippen molar-refractivity contribution in [3.8, 4) is 0 Å². The van der Waals surface area contributed by atoms with Crippen LogP contribution in [0.3, 0.4) is 0 Å². The van der Waals surface area contributed by atoms with Crippen molar-refractivity contribution in [3.05, 3.63) is 146 Å². The first-order chi connectivity index (χ1) is 18.2. The lowest BCUT2D eigenvalue weighted by molar-refractivity contribution is 1.09. The van der Waals surface area contributed by atoms with Crippen molar-refractivity contribution < 1.29 is 0 Å². The number of hydrogen-bond donors (Lipinski definition) is 0. The van der Waals surface area contributed by atoms with E-state index >= 15 is 0 Å². The van der Waals surface area contributed by atoms with Crippen LogP contribution in [0.15, 0.2) is 146 Å². The maximum absolute atomic E-state index is 2.12. The van der Waals surface area contributed by atoms with Crippen molar-refractivity contribution in [2.24, 2.45) is 0 Å². The van der Waals surface area contributed by atoms with Gasteiger partial charge in [-0.3, -0.25) is 0 Å². The molecule has 4 aromatic carbocycles. The van der Waals surface area contributed by atoms with Crippen LogP contribution in [0.4, 0.5) is 0 Å². The predicted octanol–water partition coefficient (Wildman–Crippen LogP) is 16.9. The van der Waals surface area contributed by atoms with Gasteiger partial charge in [-0.1, -0.05) is 279 Å². The Morgan fingerprint density at radius 2 is 0.209 bits per heavy atom. The summed E-state index contributed by atoms with van der Waals surface area (Å²) in [6.45, 7) is 20.8. The average molecular weight is 601 g/mol. The maximum Gasteiger partial charge on any atom is -0.0590 e. The topological polar surface area (TPSA) is 0 Å². The Labute approximate surface area is 278 Å². The lowest BCUT2D eigenvalue weighted by Crippen LogP contribution is -1.47. The maximum atomic E-state index is 2.12. The SMILES string of the molecule is C.C.C.C.C.C.CC.CC.CCC.CCC.CCC.c1ccccc1.c1ccccc1.c1ccccc1.c1ccccc1. The Hall–Kier alpha value is -3.12. The molecule has 0 radical (unpaired) electrons. The van der Waals surface area contributed by atoms with E-state index in [-0.39, 0.29) is 44.6 Å². The van der Waals surface area contributed by atoms with Crippen LogP contribution in [-0.2, 0) is 0 Å². The molecule has 4 rings (SSSR count). The molecule has 0 saturated carbocycles. The van der Waals surface area contributed by atoms with E-state index in [9.17, 15) is 0 Å². The average Bonchev–Trinajstić information content (AvgIpc) is 3.01. The summed E-state index contributed by atoms with van der Waals surface area (Å²) in [6, 6.07) is 48.0. The Balaban J connectivity index is -0.0000000301. The zero-order chi connectivity index (χ0) is 29.1. The van der Waals surface area contributed by atoms with Gasteiger partial charge >= 0.3 is 0 Å². The lowest BCUT2D eigenvalue weighted by Gasteiger charge is -1.69. The first kappa shape index (κ1) is 72.3. The van der Waals surface area contributed by atoms with E-state index < -0.39 is 0 Å². The van der Waals surface area contributed by atoms with Crippen LogP contribution in [-0.4, -0.2) is 0 Å². The van der Waals surface area contributed by atoms with Crippen molar-refractivity contribution in [3.63, 3.8) is 0 Å². The Kier molecular flexibility index (Phi) is 164. The van der Waals surface area contributed by atoms with Gasteiger partial charge in [-0.05, 0) is 0 Å². The van der Waals surface area contributed by atoms with E-state index in [0.29, 0.717) is 0 Å². The predicted molar refractivity (Wildman–Crippen MR) is 217 cm³/mol. The smallest absolute Gasteiger partial charge is 0.0590 e. The van der Waals surface area contributed by atoms with Gasteiger partial charge in [0, 0.05) is 0 Å². The van der Waals surface area contributed by atoms with E-state index in [0.717, 1.165) is 0 Å². The second-order valence-corrected chi connectivity index (χ2v) is 6.74. The third kappa shape index (κ3) is 121. The van der Waals surface area contributed by atoms with Gasteiger partial charge in [0.1, 0.15) is 0 Å². The largest absolute Gasteiger partial charge is 0.0776 e. The molecule has 0 unspecified atom stereocenters. The van der Waals surface area contributed by atoms with Gasteiger partial charge in [0.05, 0.1) is 0 Å². The van der Waals surface area contributed by atoms with E-state index in [1.807, 2.05) is 173 Å². The Morgan fingerprint density at radius 1 is 0.186 bits per heavy atom. The molecule has 0 fully saturated rings. The van der Waals surface area contributed by atoms with Crippen molar-refractivity contribution >= 4 is 0 Å². The van der Waals surface area contributed by atoms with E-state index in [4.69, 9.17) is 0 Å². The molecule has 0 bridgehead atoms. The summed E-state index contributed by atoms with van der Waals surface area (Å²) in [6.07, 6.45) is 3.75. The van der Waals surface area contributed by atoms with Gasteiger partial charge in [0.15, 0.2) is 0 Å². The highest BCUT2D eigenvalue weighted by molar-refractivity contribution is 5.00. The number of hydrogen-bond acceptors (Lipinski definition) is 0. The first-order valence-corrected chi connectivity index (χ1v) is 14.2. The molecule has 0 aliphatic carbocycles. The summed E-state index contributed by atoms with van der Waals surface area (Å²) in [5.41, 5.74) is 0. The summed E-state index contributed by atoms with van der Waals surface area (Å²) >= 11 is 0. The van der Waals surface area contributed by atoms with Gasteiger partial charge in [-0.25, -0.2) is 0 Å². The highest BCUT2D eigenvalue weighted by Crippen LogP contribution is 1.81. The second kappa shape index (κ2) is 97.8. The normalized spacial score (nSPS) is 6.00. The minimum Gasteiger partial charge on any atom is -0.0776 e.